The van der Waals surface area contributed by atoms with Crippen LogP contribution in [0.1, 0.15) is 21.8 Å². The number of nitrogens with zero attached hydrogens (tertiary/aromatic N) is 1. The van der Waals surface area contributed by atoms with Crippen molar-refractivity contribution in [3.63, 3.8) is 0 Å². The Bertz CT molecular complexity index is 549. The molecule has 2 rings (SSSR count). The van der Waals surface area contributed by atoms with Gasteiger partial charge in [0.25, 0.3) is 5.91 Å². The first kappa shape index (κ1) is 12.3. The van der Waals surface area contributed by atoms with Crippen LogP contribution in [0.25, 0.3) is 0 Å². The zero-order chi connectivity index (χ0) is 13.0. The highest BCUT2D eigenvalue weighted by molar-refractivity contribution is 6.02. The van der Waals surface area contributed by atoms with Crippen LogP contribution in [0.5, 0.6) is 0 Å². The number of benzene rings is 1. The van der Waals surface area contributed by atoms with Gasteiger partial charge in [0.1, 0.15) is 0 Å². The molecule has 1 heterocycles. The molecule has 5 nitrogen and oxygen atoms in total. The average molecular weight is 245 g/mol. The summed E-state index contributed by atoms with van der Waals surface area (Å²) in [7, 11) is 1.88. The predicted octanol–water partition coefficient (Wildman–Crippen LogP) is 1.95. The maximum absolute atomic E-state index is 11.9. The number of anilines is 1. The topological polar surface area (TPSA) is 67.2 Å². The smallest absolute Gasteiger partial charge is 0.293 e. The summed E-state index contributed by atoms with van der Waals surface area (Å²) in [6, 6.07) is 7.64. The second-order valence-corrected chi connectivity index (χ2v) is 3.95. The number of aryl methyl sites for hydroxylation is 1. The molecule has 2 N–H and O–H groups in total. The Hall–Kier alpha value is -2.14. The van der Waals surface area contributed by atoms with Crippen LogP contribution >= 0.6 is 0 Å². The molecule has 1 amide bonds. The summed E-state index contributed by atoms with van der Waals surface area (Å²) in [4.78, 5) is 15.8. The Morgan fingerprint density at radius 1 is 1.44 bits per heavy atom. The van der Waals surface area contributed by atoms with Gasteiger partial charge in [-0.25, -0.2) is 4.98 Å². The van der Waals surface area contributed by atoms with E-state index >= 15 is 0 Å². The van der Waals surface area contributed by atoms with E-state index in [1.165, 1.54) is 6.39 Å². The minimum absolute atomic E-state index is 0.244. The predicted molar refractivity (Wildman–Crippen MR) is 68.4 cm³/mol. The third-order valence-corrected chi connectivity index (χ3v) is 2.52. The highest BCUT2D eigenvalue weighted by atomic mass is 16.3. The summed E-state index contributed by atoms with van der Waals surface area (Å²) < 4.78 is 5.04. The summed E-state index contributed by atoms with van der Waals surface area (Å²) in [5, 5.41) is 5.84. The largest absolute Gasteiger partial charge is 0.438 e. The molecule has 0 aliphatic carbocycles. The molecule has 0 bridgehead atoms. The fourth-order valence-electron chi connectivity index (χ4n) is 1.67. The molecule has 0 unspecified atom stereocenters. The summed E-state index contributed by atoms with van der Waals surface area (Å²) in [5.41, 5.74) is 2.42. The van der Waals surface area contributed by atoms with E-state index < -0.39 is 0 Å². The second kappa shape index (κ2) is 5.46. The Kier molecular flexibility index (Phi) is 3.74. The van der Waals surface area contributed by atoms with Crippen LogP contribution in [0.4, 0.5) is 5.69 Å². The third-order valence-electron chi connectivity index (χ3n) is 2.52. The molecule has 0 radical (unpaired) electrons. The quantitative estimate of drug-likeness (QED) is 0.864. The molecule has 0 atom stereocenters. The molecular weight excluding hydrogens is 230 g/mol. The highest BCUT2D eigenvalue weighted by Gasteiger charge is 2.13. The van der Waals surface area contributed by atoms with Crippen molar-refractivity contribution in [3.05, 3.63) is 47.7 Å². The number of rotatable bonds is 4. The van der Waals surface area contributed by atoms with Gasteiger partial charge in [-0.15, -0.1) is 0 Å². The van der Waals surface area contributed by atoms with Crippen LogP contribution < -0.4 is 10.6 Å². The first-order valence-electron chi connectivity index (χ1n) is 5.65. The Morgan fingerprint density at radius 3 is 2.94 bits per heavy atom. The zero-order valence-corrected chi connectivity index (χ0v) is 10.4. The molecule has 0 aliphatic rings. The summed E-state index contributed by atoms with van der Waals surface area (Å²) in [5.74, 6) is -0.0411. The minimum atomic E-state index is -0.286. The van der Waals surface area contributed by atoms with Crippen molar-refractivity contribution in [2.24, 2.45) is 0 Å². The molecule has 0 aliphatic heterocycles. The Labute approximate surface area is 105 Å². The maximum atomic E-state index is 11.9. The van der Waals surface area contributed by atoms with Gasteiger partial charge in [-0.1, -0.05) is 12.1 Å². The van der Waals surface area contributed by atoms with Gasteiger partial charge in [-0.3, -0.25) is 4.79 Å². The molecule has 1 aromatic heterocycles. The monoisotopic (exact) mass is 245 g/mol. The summed E-state index contributed by atoms with van der Waals surface area (Å²) in [6.45, 7) is 2.49. The normalized spacial score (nSPS) is 10.3. The van der Waals surface area contributed by atoms with E-state index in [4.69, 9.17) is 4.42 Å². The van der Waals surface area contributed by atoms with Crippen LogP contribution in [0.15, 0.2) is 35.1 Å². The lowest BCUT2D eigenvalue weighted by atomic mass is 10.2. The van der Waals surface area contributed by atoms with Gasteiger partial charge >= 0.3 is 0 Å². The molecule has 0 spiro atoms. The van der Waals surface area contributed by atoms with E-state index in [1.54, 1.807) is 6.92 Å². The van der Waals surface area contributed by atoms with Gasteiger partial charge in [0.2, 0.25) is 5.76 Å². The molecule has 0 fully saturated rings. The van der Waals surface area contributed by atoms with E-state index in [-0.39, 0.29) is 11.7 Å². The lowest BCUT2D eigenvalue weighted by Crippen LogP contribution is -2.13. The number of aromatic nitrogens is 1. The number of nitrogens with one attached hydrogen (secondary N) is 2. The summed E-state index contributed by atoms with van der Waals surface area (Å²) in [6.07, 6.45) is 1.27. The highest BCUT2D eigenvalue weighted by Crippen LogP contribution is 2.13. The number of carbonyl (C=O) groups excluding carboxylic acids is 1. The van der Waals surface area contributed by atoms with E-state index in [9.17, 15) is 4.79 Å². The van der Waals surface area contributed by atoms with Crippen LogP contribution in [-0.4, -0.2) is 17.9 Å². The maximum Gasteiger partial charge on any atom is 0.293 e. The molecule has 18 heavy (non-hydrogen) atoms. The standard InChI is InChI=1S/C13H15N3O2/c1-9-12(18-8-15-9)13(17)16-11-5-3-4-10(6-11)7-14-2/h3-6,8,14H,7H2,1-2H3,(H,16,17). The fraction of sp³-hybridized carbons (Fsp3) is 0.231. The van der Waals surface area contributed by atoms with Crippen molar-refractivity contribution in [1.82, 2.24) is 10.3 Å². The first-order chi connectivity index (χ1) is 8.70. The number of oxazole rings is 1. The zero-order valence-electron chi connectivity index (χ0n) is 10.4. The Morgan fingerprint density at radius 2 is 2.28 bits per heavy atom. The summed E-state index contributed by atoms with van der Waals surface area (Å²) >= 11 is 0. The van der Waals surface area contributed by atoms with E-state index in [0.29, 0.717) is 5.69 Å². The van der Waals surface area contributed by atoms with Gasteiger partial charge in [0, 0.05) is 12.2 Å². The van der Waals surface area contributed by atoms with Gasteiger partial charge in [-0.2, -0.15) is 0 Å². The van der Waals surface area contributed by atoms with Crippen molar-refractivity contribution >= 4 is 11.6 Å². The molecular formula is C13H15N3O2. The number of hydrogen-bond donors (Lipinski definition) is 2. The third kappa shape index (κ3) is 2.75. The van der Waals surface area contributed by atoms with Gasteiger partial charge in [0.05, 0.1) is 5.69 Å². The second-order valence-electron chi connectivity index (χ2n) is 3.95. The molecule has 5 heteroatoms. The molecule has 94 valence electrons. The number of carbonyl (C=O) groups is 1. The van der Waals surface area contributed by atoms with Gasteiger partial charge in [0.15, 0.2) is 6.39 Å². The first-order valence-corrected chi connectivity index (χ1v) is 5.65. The van der Waals surface area contributed by atoms with Crippen LogP contribution in [0.2, 0.25) is 0 Å². The van der Waals surface area contributed by atoms with E-state index in [1.807, 2.05) is 31.3 Å². The van der Waals surface area contributed by atoms with E-state index in [2.05, 4.69) is 15.6 Å². The minimum Gasteiger partial charge on any atom is -0.438 e. The Balaban J connectivity index is 2.12. The van der Waals surface area contributed by atoms with Crippen LogP contribution in [-0.2, 0) is 6.54 Å². The van der Waals surface area contributed by atoms with Crippen molar-refractivity contribution < 1.29 is 9.21 Å². The van der Waals surface area contributed by atoms with Crippen molar-refractivity contribution in [3.8, 4) is 0 Å². The van der Waals surface area contributed by atoms with Crippen molar-refractivity contribution in [2.75, 3.05) is 12.4 Å². The average Bonchev–Trinajstić information content (AvgIpc) is 2.76. The van der Waals surface area contributed by atoms with Crippen LogP contribution in [0, 0.1) is 6.92 Å². The number of hydrogen-bond acceptors (Lipinski definition) is 4. The lowest BCUT2D eigenvalue weighted by molar-refractivity contribution is 0.0996. The van der Waals surface area contributed by atoms with Gasteiger partial charge < -0.3 is 15.1 Å². The molecule has 2 aromatic rings. The van der Waals surface area contributed by atoms with Crippen molar-refractivity contribution in [2.45, 2.75) is 13.5 Å². The van der Waals surface area contributed by atoms with Crippen LogP contribution in [0.3, 0.4) is 0 Å². The van der Waals surface area contributed by atoms with Crippen molar-refractivity contribution in [1.29, 1.82) is 0 Å². The molecule has 0 saturated heterocycles. The fourth-order valence-corrected chi connectivity index (χ4v) is 1.67. The molecule has 1 aromatic carbocycles. The van der Waals surface area contributed by atoms with E-state index in [0.717, 1.165) is 17.8 Å². The lowest BCUT2D eigenvalue weighted by Gasteiger charge is -2.06. The van der Waals surface area contributed by atoms with Gasteiger partial charge in [-0.05, 0) is 31.7 Å². The number of amides is 1. The SMILES string of the molecule is CNCc1cccc(NC(=O)c2ocnc2C)c1. The molecule has 0 saturated carbocycles.